The summed E-state index contributed by atoms with van der Waals surface area (Å²) in [5, 5.41) is 11.5. The van der Waals surface area contributed by atoms with Gasteiger partial charge in [0.15, 0.2) is 0 Å². The first-order valence-corrected chi connectivity index (χ1v) is 5.32. The summed E-state index contributed by atoms with van der Waals surface area (Å²) in [4.78, 5) is 11.9. The average molecular weight is 264 g/mol. The number of nitrogens with one attached hydrogen (secondary N) is 1. The maximum absolute atomic E-state index is 13.4. The third-order valence-electron chi connectivity index (χ3n) is 2.46. The van der Waals surface area contributed by atoms with E-state index in [4.69, 9.17) is 5.73 Å². The summed E-state index contributed by atoms with van der Waals surface area (Å²) in [6.45, 7) is 0. The van der Waals surface area contributed by atoms with Crippen molar-refractivity contribution in [3.63, 3.8) is 0 Å². The monoisotopic (exact) mass is 264 g/mol. The predicted octanol–water partition coefficient (Wildman–Crippen LogP) is 2.50. The number of rotatable bonds is 2. The lowest BCUT2D eigenvalue weighted by atomic mass is 10.1. The Bertz CT molecular complexity index is 645. The van der Waals surface area contributed by atoms with Crippen LogP contribution >= 0.6 is 0 Å². The molecule has 0 saturated heterocycles. The number of phenolic OH excluding ortho intramolecular Hbond substituents is 1. The molecule has 2 rings (SSSR count). The molecule has 0 aliphatic heterocycles. The fraction of sp³-hybridized carbons (Fsp3) is 0. The number of nitrogens with two attached hydrogens (primary N) is 1. The number of carbonyl (C=O) groups is 1. The summed E-state index contributed by atoms with van der Waals surface area (Å²) in [7, 11) is 0. The molecular weight excluding hydrogens is 254 g/mol. The molecule has 4 N–H and O–H groups in total. The molecule has 2 aromatic carbocycles. The van der Waals surface area contributed by atoms with Crippen molar-refractivity contribution in [3.05, 3.63) is 53.6 Å². The fourth-order valence-corrected chi connectivity index (χ4v) is 1.52. The Balaban J connectivity index is 2.28. The highest BCUT2D eigenvalue weighted by atomic mass is 19.1. The van der Waals surface area contributed by atoms with Gasteiger partial charge >= 0.3 is 0 Å². The Morgan fingerprint density at radius 1 is 1.16 bits per heavy atom. The predicted molar refractivity (Wildman–Crippen MR) is 66.8 cm³/mol. The molecule has 1 amide bonds. The van der Waals surface area contributed by atoms with Crippen molar-refractivity contribution in [3.8, 4) is 5.75 Å². The van der Waals surface area contributed by atoms with Crippen molar-refractivity contribution in [2.24, 2.45) is 0 Å². The van der Waals surface area contributed by atoms with Gasteiger partial charge in [0.25, 0.3) is 5.91 Å². The van der Waals surface area contributed by atoms with Gasteiger partial charge in [-0.05, 0) is 30.3 Å². The van der Waals surface area contributed by atoms with Crippen LogP contribution in [-0.4, -0.2) is 11.0 Å². The summed E-state index contributed by atoms with van der Waals surface area (Å²) >= 11 is 0. The number of nitrogen functional groups attached to an aromatic ring is 1. The van der Waals surface area contributed by atoms with Crippen LogP contribution in [0.15, 0.2) is 36.4 Å². The van der Waals surface area contributed by atoms with Crippen LogP contribution < -0.4 is 11.1 Å². The van der Waals surface area contributed by atoms with Gasteiger partial charge in [-0.15, -0.1) is 0 Å². The highest BCUT2D eigenvalue weighted by Gasteiger charge is 2.13. The molecule has 0 radical (unpaired) electrons. The fourth-order valence-electron chi connectivity index (χ4n) is 1.52. The molecule has 0 bridgehead atoms. The number of aromatic hydroxyl groups is 1. The topological polar surface area (TPSA) is 75.3 Å². The summed E-state index contributed by atoms with van der Waals surface area (Å²) in [5.74, 6) is -2.47. The standard InChI is InChI=1S/C13H10F2N2O2/c14-7-1-4-12(10(15)5-7)17-13(19)9-6-8(18)2-3-11(9)16/h1-6,18H,16H2,(H,17,19). The van der Waals surface area contributed by atoms with E-state index >= 15 is 0 Å². The Labute approximate surface area is 107 Å². The highest BCUT2D eigenvalue weighted by Crippen LogP contribution is 2.21. The smallest absolute Gasteiger partial charge is 0.257 e. The van der Waals surface area contributed by atoms with E-state index in [1.165, 1.54) is 12.1 Å². The van der Waals surface area contributed by atoms with Gasteiger partial charge in [-0.1, -0.05) is 0 Å². The Morgan fingerprint density at radius 2 is 1.89 bits per heavy atom. The third-order valence-corrected chi connectivity index (χ3v) is 2.46. The minimum Gasteiger partial charge on any atom is -0.508 e. The molecule has 0 fully saturated rings. The number of phenols is 1. The second-order valence-corrected chi connectivity index (χ2v) is 3.85. The number of carbonyl (C=O) groups excluding carboxylic acids is 1. The molecule has 0 aliphatic rings. The van der Waals surface area contributed by atoms with E-state index in [1.807, 2.05) is 0 Å². The minimum atomic E-state index is -0.896. The van der Waals surface area contributed by atoms with Gasteiger partial charge in [-0.2, -0.15) is 0 Å². The zero-order chi connectivity index (χ0) is 14.0. The zero-order valence-electron chi connectivity index (χ0n) is 9.65. The SMILES string of the molecule is Nc1ccc(O)cc1C(=O)Nc1ccc(F)cc1F. The molecule has 0 atom stereocenters. The van der Waals surface area contributed by atoms with Gasteiger partial charge in [-0.25, -0.2) is 8.78 Å². The summed E-state index contributed by atoms with van der Waals surface area (Å²) in [5.41, 5.74) is 5.55. The first-order valence-electron chi connectivity index (χ1n) is 5.32. The van der Waals surface area contributed by atoms with E-state index in [1.54, 1.807) is 0 Å². The van der Waals surface area contributed by atoms with Crippen LogP contribution in [0.2, 0.25) is 0 Å². The number of amides is 1. The molecule has 4 nitrogen and oxygen atoms in total. The summed E-state index contributed by atoms with van der Waals surface area (Å²) in [6, 6.07) is 6.61. The molecular formula is C13H10F2N2O2. The van der Waals surface area contributed by atoms with Gasteiger partial charge in [0.1, 0.15) is 17.4 Å². The van der Waals surface area contributed by atoms with Crippen LogP contribution in [0.3, 0.4) is 0 Å². The van der Waals surface area contributed by atoms with Crippen LogP contribution in [0.1, 0.15) is 10.4 Å². The first-order chi connectivity index (χ1) is 8.97. The number of hydrogen-bond acceptors (Lipinski definition) is 3. The highest BCUT2D eigenvalue weighted by molar-refractivity contribution is 6.08. The lowest BCUT2D eigenvalue weighted by Crippen LogP contribution is -2.15. The molecule has 0 unspecified atom stereocenters. The molecule has 0 spiro atoms. The third kappa shape index (κ3) is 2.79. The largest absolute Gasteiger partial charge is 0.508 e. The van der Waals surface area contributed by atoms with Gasteiger partial charge < -0.3 is 16.2 Å². The molecule has 0 aromatic heterocycles. The van der Waals surface area contributed by atoms with Gasteiger partial charge in [-0.3, -0.25) is 4.79 Å². The van der Waals surface area contributed by atoms with Crippen molar-refractivity contribution < 1.29 is 18.7 Å². The zero-order valence-corrected chi connectivity index (χ0v) is 9.65. The van der Waals surface area contributed by atoms with E-state index in [9.17, 15) is 18.7 Å². The van der Waals surface area contributed by atoms with Crippen molar-refractivity contribution in [2.45, 2.75) is 0 Å². The minimum absolute atomic E-state index is 0.00345. The molecule has 0 heterocycles. The number of halogens is 2. The van der Waals surface area contributed by atoms with Crippen LogP contribution in [0.4, 0.5) is 20.2 Å². The first kappa shape index (κ1) is 12.8. The number of benzene rings is 2. The van der Waals surface area contributed by atoms with E-state index in [0.717, 1.165) is 18.2 Å². The van der Waals surface area contributed by atoms with Gasteiger partial charge in [0, 0.05) is 11.8 Å². The van der Waals surface area contributed by atoms with Crippen molar-refractivity contribution in [1.82, 2.24) is 0 Å². The molecule has 0 aliphatic carbocycles. The molecule has 2 aromatic rings. The number of anilines is 2. The van der Waals surface area contributed by atoms with Crippen LogP contribution in [0.25, 0.3) is 0 Å². The van der Waals surface area contributed by atoms with E-state index in [-0.39, 0.29) is 22.7 Å². The van der Waals surface area contributed by atoms with Crippen molar-refractivity contribution in [1.29, 1.82) is 0 Å². The lowest BCUT2D eigenvalue weighted by Gasteiger charge is -2.08. The normalized spacial score (nSPS) is 10.2. The number of hydrogen-bond donors (Lipinski definition) is 3. The average Bonchev–Trinajstić information content (AvgIpc) is 2.35. The van der Waals surface area contributed by atoms with Crippen LogP contribution in [0, 0.1) is 11.6 Å². The van der Waals surface area contributed by atoms with Gasteiger partial charge in [0.05, 0.1) is 11.3 Å². The Kier molecular flexibility index (Phi) is 3.33. The van der Waals surface area contributed by atoms with E-state index in [2.05, 4.69) is 5.32 Å². The molecule has 98 valence electrons. The lowest BCUT2D eigenvalue weighted by molar-refractivity contribution is 0.102. The Hall–Kier alpha value is -2.63. The quantitative estimate of drug-likeness (QED) is 0.576. The molecule has 6 heteroatoms. The van der Waals surface area contributed by atoms with E-state index in [0.29, 0.717) is 6.07 Å². The second kappa shape index (κ2) is 4.93. The Morgan fingerprint density at radius 3 is 2.58 bits per heavy atom. The van der Waals surface area contributed by atoms with Gasteiger partial charge in [0.2, 0.25) is 0 Å². The molecule has 0 saturated carbocycles. The van der Waals surface area contributed by atoms with Crippen molar-refractivity contribution >= 4 is 17.3 Å². The maximum atomic E-state index is 13.4. The van der Waals surface area contributed by atoms with Crippen LogP contribution in [-0.2, 0) is 0 Å². The molecule has 19 heavy (non-hydrogen) atoms. The van der Waals surface area contributed by atoms with E-state index < -0.39 is 17.5 Å². The van der Waals surface area contributed by atoms with Crippen molar-refractivity contribution in [2.75, 3.05) is 11.1 Å². The van der Waals surface area contributed by atoms with Crippen LogP contribution in [0.5, 0.6) is 5.75 Å². The second-order valence-electron chi connectivity index (χ2n) is 3.85. The summed E-state index contributed by atoms with van der Waals surface area (Å²) < 4.78 is 26.1. The maximum Gasteiger partial charge on any atom is 0.257 e. The summed E-state index contributed by atoms with van der Waals surface area (Å²) in [6.07, 6.45) is 0.